The quantitative estimate of drug-likeness (QED) is 0.622. The van der Waals surface area contributed by atoms with Crippen LogP contribution in [0.1, 0.15) is 12.5 Å². The first-order valence-electron chi connectivity index (χ1n) is 6.93. The fraction of sp³-hybridized carbons (Fsp3) is 0.267. The molecule has 0 saturated carbocycles. The van der Waals surface area contributed by atoms with Gasteiger partial charge in [0.15, 0.2) is 5.16 Å². The number of benzene rings is 1. The van der Waals surface area contributed by atoms with Crippen LogP contribution in [0.5, 0.6) is 0 Å². The molecule has 2 aromatic rings. The van der Waals surface area contributed by atoms with E-state index in [9.17, 15) is 4.79 Å². The molecule has 0 aliphatic carbocycles. The summed E-state index contributed by atoms with van der Waals surface area (Å²) in [5, 5.41) is 0.418. The lowest BCUT2D eigenvalue weighted by molar-refractivity contribution is -0.128. The van der Waals surface area contributed by atoms with Crippen LogP contribution in [0.4, 0.5) is 11.6 Å². The molecule has 1 heterocycles. The predicted octanol–water partition coefficient (Wildman–Crippen LogP) is 1.78. The largest absolute Gasteiger partial charge is 0.383 e. The maximum Gasteiger partial charge on any atom is 0.233 e. The Morgan fingerprint density at radius 2 is 1.82 bits per heavy atom. The normalized spacial score (nSPS) is 10.4. The Kier molecular flexibility index (Phi) is 5.60. The first-order valence-corrected chi connectivity index (χ1v) is 7.91. The van der Waals surface area contributed by atoms with Crippen LogP contribution in [0.3, 0.4) is 0 Å². The molecule has 0 spiro atoms. The van der Waals surface area contributed by atoms with E-state index in [0.717, 1.165) is 5.56 Å². The molecule has 1 aromatic carbocycles. The zero-order valence-corrected chi connectivity index (χ0v) is 13.2. The van der Waals surface area contributed by atoms with Crippen molar-refractivity contribution in [3.63, 3.8) is 0 Å². The maximum atomic E-state index is 12.3. The first kappa shape index (κ1) is 16.1. The molecule has 0 atom stereocenters. The topological polar surface area (TPSA) is 98.1 Å². The molecule has 1 aromatic heterocycles. The molecule has 1 amide bonds. The first-order chi connectivity index (χ1) is 10.6. The maximum absolute atomic E-state index is 12.3. The molecule has 0 unspecified atom stereocenters. The van der Waals surface area contributed by atoms with Crippen molar-refractivity contribution in [1.29, 1.82) is 0 Å². The second-order valence-corrected chi connectivity index (χ2v) is 5.62. The van der Waals surface area contributed by atoms with Crippen molar-refractivity contribution >= 4 is 29.3 Å². The SMILES string of the molecule is CCN(Cc1ccccc1)C(=O)CSc1nc(N)cc(N)n1. The average Bonchev–Trinajstić information content (AvgIpc) is 2.50. The van der Waals surface area contributed by atoms with E-state index in [0.29, 0.717) is 29.9 Å². The molecule has 4 N–H and O–H groups in total. The number of anilines is 2. The van der Waals surface area contributed by atoms with Crippen molar-refractivity contribution < 1.29 is 4.79 Å². The van der Waals surface area contributed by atoms with E-state index < -0.39 is 0 Å². The Labute approximate surface area is 133 Å². The fourth-order valence-corrected chi connectivity index (χ4v) is 2.70. The minimum Gasteiger partial charge on any atom is -0.383 e. The Morgan fingerprint density at radius 1 is 1.18 bits per heavy atom. The lowest BCUT2D eigenvalue weighted by Gasteiger charge is -2.20. The molecule has 22 heavy (non-hydrogen) atoms. The highest BCUT2D eigenvalue weighted by molar-refractivity contribution is 7.99. The second-order valence-electron chi connectivity index (χ2n) is 4.68. The van der Waals surface area contributed by atoms with Crippen molar-refractivity contribution in [2.45, 2.75) is 18.6 Å². The molecule has 0 aliphatic rings. The number of rotatable bonds is 6. The minimum absolute atomic E-state index is 0.0287. The highest BCUT2D eigenvalue weighted by Crippen LogP contribution is 2.17. The molecule has 2 rings (SSSR count). The van der Waals surface area contributed by atoms with Gasteiger partial charge in [0.2, 0.25) is 5.91 Å². The number of nitrogens with zero attached hydrogens (tertiary/aromatic N) is 3. The third kappa shape index (κ3) is 4.63. The van der Waals surface area contributed by atoms with Gasteiger partial charge in [0.05, 0.1) is 5.75 Å². The van der Waals surface area contributed by atoms with Crippen molar-refractivity contribution in [3.05, 3.63) is 42.0 Å². The van der Waals surface area contributed by atoms with Crippen molar-refractivity contribution in [1.82, 2.24) is 14.9 Å². The van der Waals surface area contributed by atoms with Crippen molar-refractivity contribution in [3.8, 4) is 0 Å². The zero-order chi connectivity index (χ0) is 15.9. The van der Waals surface area contributed by atoms with Gasteiger partial charge in [0, 0.05) is 19.2 Å². The Bertz CT molecular complexity index is 615. The molecular formula is C15H19N5OS. The van der Waals surface area contributed by atoms with Gasteiger partial charge >= 0.3 is 0 Å². The van der Waals surface area contributed by atoms with Crippen LogP contribution in [0.15, 0.2) is 41.6 Å². The summed E-state index contributed by atoms with van der Waals surface area (Å²) in [7, 11) is 0. The smallest absolute Gasteiger partial charge is 0.233 e. The summed E-state index contributed by atoms with van der Waals surface area (Å²) >= 11 is 1.24. The number of carbonyl (C=O) groups is 1. The highest BCUT2D eigenvalue weighted by Gasteiger charge is 2.13. The van der Waals surface area contributed by atoms with Crippen LogP contribution in [0, 0.1) is 0 Å². The summed E-state index contributed by atoms with van der Waals surface area (Å²) in [6.45, 7) is 3.20. The van der Waals surface area contributed by atoms with Gasteiger partial charge < -0.3 is 16.4 Å². The molecule has 6 nitrogen and oxygen atoms in total. The molecule has 0 aliphatic heterocycles. The number of nitrogen functional groups attached to an aromatic ring is 2. The van der Waals surface area contributed by atoms with E-state index in [1.165, 1.54) is 17.8 Å². The summed E-state index contributed by atoms with van der Waals surface area (Å²) in [4.78, 5) is 22.2. The molecular weight excluding hydrogens is 298 g/mol. The van der Waals surface area contributed by atoms with Crippen LogP contribution in [0.2, 0.25) is 0 Å². The number of thioether (sulfide) groups is 1. The van der Waals surface area contributed by atoms with Crippen molar-refractivity contribution in [2.24, 2.45) is 0 Å². The van der Waals surface area contributed by atoms with Gasteiger partial charge in [-0.2, -0.15) is 0 Å². The molecule has 116 valence electrons. The number of hydrogen-bond donors (Lipinski definition) is 2. The number of amides is 1. The Balaban J connectivity index is 1.94. The number of aromatic nitrogens is 2. The van der Waals surface area contributed by atoms with Gasteiger partial charge in [-0.25, -0.2) is 9.97 Å². The average molecular weight is 317 g/mol. The van der Waals surface area contributed by atoms with Crippen LogP contribution < -0.4 is 11.5 Å². The second kappa shape index (κ2) is 7.65. The lowest BCUT2D eigenvalue weighted by Crippen LogP contribution is -2.31. The summed E-state index contributed by atoms with van der Waals surface area (Å²) in [6, 6.07) is 11.4. The van der Waals surface area contributed by atoms with E-state index in [1.54, 1.807) is 4.90 Å². The van der Waals surface area contributed by atoms with Crippen LogP contribution >= 0.6 is 11.8 Å². The Morgan fingerprint density at radius 3 is 2.41 bits per heavy atom. The monoisotopic (exact) mass is 317 g/mol. The standard InChI is InChI=1S/C15H19N5OS/c1-2-20(9-11-6-4-3-5-7-11)14(21)10-22-15-18-12(16)8-13(17)19-15/h3-8H,2,9-10H2,1H3,(H4,16,17,18,19). The summed E-state index contributed by atoms with van der Waals surface area (Å²) in [5.74, 6) is 0.892. The fourth-order valence-electron chi connectivity index (χ4n) is 1.92. The number of nitrogens with two attached hydrogens (primary N) is 2. The van der Waals surface area contributed by atoms with Gasteiger partial charge in [0.1, 0.15) is 11.6 Å². The molecule has 0 radical (unpaired) electrons. The zero-order valence-electron chi connectivity index (χ0n) is 12.4. The highest BCUT2D eigenvalue weighted by atomic mass is 32.2. The van der Waals surface area contributed by atoms with Crippen molar-refractivity contribution in [2.75, 3.05) is 23.8 Å². The lowest BCUT2D eigenvalue weighted by atomic mass is 10.2. The summed E-state index contributed by atoms with van der Waals surface area (Å²) in [5.41, 5.74) is 12.3. The van der Waals surface area contributed by atoms with Gasteiger partial charge in [-0.1, -0.05) is 42.1 Å². The van der Waals surface area contributed by atoms with E-state index >= 15 is 0 Å². The van der Waals surface area contributed by atoms with E-state index in [1.807, 2.05) is 37.3 Å². The van der Waals surface area contributed by atoms with Crippen LogP contribution in [-0.4, -0.2) is 33.1 Å². The predicted molar refractivity (Wildman–Crippen MR) is 89.1 cm³/mol. The third-order valence-electron chi connectivity index (χ3n) is 3.02. The Hall–Kier alpha value is -2.28. The van der Waals surface area contributed by atoms with Gasteiger partial charge in [-0.3, -0.25) is 4.79 Å². The van der Waals surface area contributed by atoms with Gasteiger partial charge in [-0.15, -0.1) is 0 Å². The third-order valence-corrected chi connectivity index (χ3v) is 3.85. The molecule has 0 bridgehead atoms. The van der Waals surface area contributed by atoms with Crippen LogP contribution in [0.25, 0.3) is 0 Å². The van der Waals surface area contributed by atoms with E-state index in [-0.39, 0.29) is 11.7 Å². The van der Waals surface area contributed by atoms with E-state index in [2.05, 4.69) is 9.97 Å². The number of carbonyl (C=O) groups excluding carboxylic acids is 1. The van der Waals surface area contributed by atoms with Crippen LogP contribution in [-0.2, 0) is 11.3 Å². The molecule has 0 saturated heterocycles. The number of hydrogen-bond acceptors (Lipinski definition) is 6. The summed E-state index contributed by atoms with van der Waals surface area (Å²) < 4.78 is 0. The molecule has 7 heteroatoms. The molecule has 0 fully saturated rings. The van der Waals surface area contributed by atoms with Gasteiger partial charge in [0.25, 0.3) is 0 Å². The summed E-state index contributed by atoms with van der Waals surface area (Å²) in [6.07, 6.45) is 0. The minimum atomic E-state index is 0.0287. The van der Waals surface area contributed by atoms with Gasteiger partial charge in [-0.05, 0) is 12.5 Å². The van der Waals surface area contributed by atoms with E-state index in [4.69, 9.17) is 11.5 Å².